The van der Waals surface area contributed by atoms with Crippen molar-refractivity contribution in [2.75, 3.05) is 46.4 Å². The average molecular weight is 491 g/mol. The van der Waals surface area contributed by atoms with E-state index in [0.717, 1.165) is 38.3 Å². The number of benzene rings is 2. The monoisotopic (exact) mass is 491 g/mol. The maximum Gasteiger partial charge on any atom is 0.573 e. The van der Waals surface area contributed by atoms with Crippen LogP contribution in [0.2, 0.25) is 0 Å². The number of likely N-dealkylation sites (N-methyl/N-ethyl adjacent to an activating group) is 1. The van der Waals surface area contributed by atoms with Gasteiger partial charge in [-0.2, -0.15) is 0 Å². The smallest absolute Gasteiger partial charge is 0.491 e. The van der Waals surface area contributed by atoms with Crippen LogP contribution in [0.1, 0.15) is 0 Å². The van der Waals surface area contributed by atoms with Crippen LogP contribution in [0.4, 0.5) is 17.6 Å². The van der Waals surface area contributed by atoms with E-state index in [4.69, 9.17) is 4.74 Å². The molecule has 0 aliphatic carbocycles. The minimum Gasteiger partial charge on any atom is -0.491 e. The van der Waals surface area contributed by atoms with Gasteiger partial charge in [0.2, 0.25) is 0 Å². The summed E-state index contributed by atoms with van der Waals surface area (Å²) in [5, 5.41) is 0. The molecule has 1 aliphatic heterocycles. The molecule has 1 aromatic heterocycles. The molecule has 3 aromatic rings. The van der Waals surface area contributed by atoms with E-state index in [-0.39, 0.29) is 0 Å². The second kappa shape index (κ2) is 10.5. The normalized spacial score (nSPS) is 15.2. The zero-order valence-electron chi connectivity index (χ0n) is 19.1. The van der Waals surface area contributed by atoms with Crippen LogP contribution in [-0.2, 0) is 0 Å². The molecule has 0 bridgehead atoms. The number of hydrogen-bond donors (Lipinski definition) is 0. The first-order chi connectivity index (χ1) is 16.7. The van der Waals surface area contributed by atoms with Gasteiger partial charge < -0.3 is 14.4 Å². The lowest BCUT2D eigenvalue weighted by Crippen LogP contribution is -2.45. The summed E-state index contributed by atoms with van der Waals surface area (Å²) in [6, 6.07) is 12.1. The van der Waals surface area contributed by atoms with Crippen LogP contribution in [0.5, 0.6) is 11.5 Å². The van der Waals surface area contributed by atoms with Crippen molar-refractivity contribution in [2.45, 2.75) is 6.36 Å². The Morgan fingerprint density at radius 1 is 0.943 bits per heavy atom. The highest BCUT2D eigenvalue weighted by atomic mass is 19.4. The fourth-order valence-electron chi connectivity index (χ4n) is 3.85. The van der Waals surface area contributed by atoms with Gasteiger partial charge in [0.15, 0.2) is 0 Å². The van der Waals surface area contributed by atoms with Gasteiger partial charge in [-0.15, -0.1) is 13.2 Å². The lowest BCUT2D eigenvalue weighted by molar-refractivity contribution is -0.274. The van der Waals surface area contributed by atoms with E-state index < -0.39 is 23.5 Å². The van der Waals surface area contributed by atoms with Crippen LogP contribution in [0, 0.1) is 5.82 Å². The lowest BCUT2D eigenvalue weighted by atomic mass is 10.1. The van der Waals surface area contributed by atoms with Crippen molar-refractivity contribution in [1.82, 2.24) is 14.4 Å². The van der Waals surface area contributed by atoms with Crippen molar-refractivity contribution in [3.63, 3.8) is 0 Å². The summed E-state index contributed by atoms with van der Waals surface area (Å²) in [7, 11) is 2.08. The molecule has 0 atom stereocenters. The summed E-state index contributed by atoms with van der Waals surface area (Å²) in [4.78, 5) is 17.4. The van der Waals surface area contributed by atoms with Crippen LogP contribution in [0.15, 0.2) is 65.6 Å². The van der Waals surface area contributed by atoms with Crippen molar-refractivity contribution in [3.05, 3.63) is 77.0 Å². The Balaban J connectivity index is 1.60. The number of hydrogen-bond acceptors (Lipinski definition) is 5. The number of aromatic nitrogens is 1. The molecule has 1 fully saturated rings. The molecule has 2 aromatic carbocycles. The number of rotatable bonds is 7. The van der Waals surface area contributed by atoms with E-state index in [9.17, 15) is 22.4 Å². The first kappa shape index (κ1) is 24.7. The van der Waals surface area contributed by atoms with E-state index in [0.29, 0.717) is 35.7 Å². The van der Waals surface area contributed by atoms with Crippen molar-refractivity contribution >= 4 is 0 Å². The Kier molecular flexibility index (Phi) is 7.42. The van der Waals surface area contributed by atoms with Crippen LogP contribution in [-0.4, -0.2) is 67.1 Å². The molecule has 0 N–H and O–H groups in total. The summed E-state index contributed by atoms with van der Waals surface area (Å²) < 4.78 is 62.1. The van der Waals surface area contributed by atoms with E-state index in [1.807, 2.05) is 0 Å². The maximum atomic E-state index is 13.5. The van der Waals surface area contributed by atoms with Crippen LogP contribution in [0.25, 0.3) is 16.8 Å². The molecular weight excluding hydrogens is 466 g/mol. The molecule has 0 radical (unpaired) electrons. The van der Waals surface area contributed by atoms with Crippen LogP contribution in [0.3, 0.4) is 0 Å². The van der Waals surface area contributed by atoms with Crippen molar-refractivity contribution in [3.8, 4) is 28.3 Å². The van der Waals surface area contributed by atoms with E-state index in [1.54, 1.807) is 18.3 Å². The first-order valence-electron chi connectivity index (χ1n) is 11.1. The van der Waals surface area contributed by atoms with Crippen LogP contribution >= 0.6 is 0 Å². The summed E-state index contributed by atoms with van der Waals surface area (Å²) in [5.41, 5.74) is 1.11. The summed E-state index contributed by atoms with van der Waals surface area (Å²) in [5.74, 6) is -0.444. The molecule has 4 rings (SSSR count). The summed E-state index contributed by atoms with van der Waals surface area (Å²) >= 11 is 0. The quantitative estimate of drug-likeness (QED) is 0.465. The largest absolute Gasteiger partial charge is 0.573 e. The van der Waals surface area contributed by atoms with Gasteiger partial charge in [-0.25, -0.2) is 4.39 Å². The Bertz CT molecular complexity index is 1190. The average Bonchev–Trinajstić information content (AvgIpc) is 2.81. The molecule has 0 spiro atoms. The van der Waals surface area contributed by atoms with E-state index >= 15 is 0 Å². The van der Waals surface area contributed by atoms with Crippen molar-refractivity contribution in [1.29, 1.82) is 0 Å². The standard InChI is InChI=1S/C25H25F4N3O3/c1-30-10-12-31(13-11-30)14-15-34-23-16-24(33)32(17-22(23)18-2-4-19(26)5-3-18)20-6-8-21(9-7-20)35-25(27,28)29/h2-9,16-17H,10-15H2,1H3. The minimum atomic E-state index is -4.81. The van der Waals surface area contributed by atoms with Gasteiger partial charge in [0.25, 0.3) is 5.56 Å². The zero-order chi connectivity index (χ0) is 25.0. The van der Waals surface area contributed by atoms with Crippen LogP contribution < -0.4 is 15.0 Å². The molecule has 0 saturated carbocycles. The predicted octanol–water partition coefficient (Wildman–Crippen LogP) is 4.17. The molecule has 186 valence electrons. The molecule has 6 nitrogen and oxygen atoms in total. The third kappa shape index (κ3) is 6.61. The highest BCUT2D eigenvalue weighted by Crippen LogP contribution is 2.30. The number of alkyl halides is 3. The molecule has 10 heteroatoms. The Hall–Kier alpha value is -3.37. The van der Waals surface area contributed by atoms with Gasteiger partial charge in [0.05, 0.1) is 0 Å². The summed E-state index contributed by atoms with van der Waals surface area (Å²) in [6.07, 6.45) is -3.27. The van der Waals surface area contributed by atoms with Gasteiger partial charge in [-0.1, -0.05) is 12.1 Å². The van der Waals surface area contributed by atoms with Gasteiger partial charge >= 0.3 is 6.36 Å². The lowest BCUT2D eigenvalue weighted by Gasteiger charge is -2.32. The van der Waals surface area contributed by atoms with E-state index in [1.165, 1.54) is 34.9 Å². The predicted molar refractivity (Wildman–Crippen MR) is 124 cm³/mol. The minimum absolute atomic E-state index is 0.344. The highest BCUT2D eigenvalue weighted by molar-refractivity contribution is 5.70. The van der Waals surface area contributed by atoms with Gasteiger partial charge in [-0.05, 0) is 49.0 Å². The van der Waals surface area contributed by atoms with Gasteiger partial charge in [0, 0.05) is 56.2 Å². The SMILES string of the molecule is CN1CCN(CCOc2cc(=O)n(-c3ccc(OC(F)(F)F)cc3)cc2-c2ccc(F)cc2)CC1. The molecule has 1 aliphatic rings. The fraction of sp³-hybridized carbons (Fsp3) is 0.320. The molecular formula is C25H25F4N3O3. The van der Waals surface area contributed by atoms with Gasteiger partial charge in [0.1, 0.15) is 23.9 Å². The Labute approximate surface area is 199 Å². The third-order valence-electron chi connectivity index (χ3n) is 5.78. The molecule has 0 amide bonds. The van der Waals surface area contributed by atoms with Crippen molar-refractivity contribution in [2.24, 2.45) is 0 Å². The highest BCUT2D eigenvalue weighted by Gasteiger charge is 2.31. The van der Waals surface area contributed by atoms with E-state index in [2.05, 4.69) is 21.6 Å². The maximum absolute atomic E-state index is 13.5. The third-order valence-corrected chi connectivity index (χ3v) is 5.78. The zero-order valence-corrected chi connectivity index (χ0v) is 19.1. The topological polar surface area (TPSA) is 46.9 Å². The van der Waals surface area contributed by atoms with Gasteiger partial charge in [-0.3, -0.25) is 14.3 Å². The first-order valence-corrected chi connectivity index (χ1v) is 11.1. The van der Waals surface area contributed by atoms with Crippen molar-refractivity contribution < 1.29 is 27.0 Å². The molecule has 0 unspecified atom stereocenters. The number of piperazine rings is 1. The molecule has 35 heavy (non-hydrogen) atoms. The number of pyridine rings is 1. The number of halogens is 4. The second-order valence-corrected chi connectivity index (χ2v) is 8.30. The number of ether oxygens (including phenoxy) is 2. The second-order valence-electron chi connectivity index (χ2n) is 8.30. The summed E-state index contributed by atoms with van der Waals surface area (Å²) in [6.45, 7) is 4.87. The molecule has 1 saturated heterocycles. The number of nitrogens with zero attached hydrogens (tertiary/aromatic N) is 3. The Morgan fingerprint density at radius 3 is 2.23 bits per heavy atom. The Morgan fingerprint density at radius 2 is 1.60 bits per heavy atom. The fourth-order valence-corrected chi connectivity index (χ4v) is 3.85. The molecule has 2 heterocycles.